The molecule has 2 N–H and O–H groups in total. The summed E-state index contributed by atoms with van der Waals surface area (Å²) in [6.07, 6.45) is 0. The SMILES string of the molecule is CCNc1nc(C)nc(Nc2cc(OC)ccc2Br)c1C. The van der Waals surface area contributed by atoms with E-state index in [1.54, 1.807) is 7.11 Å². The molecule has 0 aliphatic carbocycles. The highest BCUT2D eigenvalue weighted by Crippen LogP contribution is 2.31. The van der Waals surface area contributed by atoms with Gasteiger partial charge in [0, 0.05) is 22.6 Å². The standard InChI is InChI=1S/C15H19BrN4O/c1-5-17-14-9(2)15(19-10(3)18-14)20-13-8-11(21-4)6-7-12(13)16/h6-8H,5H2,1-4H3,(H2,17,18,19,20). The number of aryl methyl sites for hydroxylation is 1. The maximum absolute atomic E-state index is 5.26. The number of nitrogens with one attached hydrogen (secondary N) is 2. The molecule has 0 aliphatic heterocycles. The minimum atomic E-state index is 0.720. The Bertz CT molecular complexity index is 646. The number of ether oxygens (including phenoxy) is 1. The molecule has 21 heavy (non-hydrogen) atoms. The van der Waals surface area contributed by atoms with Gasteiger partial charge in [0.2, 0.25) is 0 Å². The lowest BCUT2D eigenvalue weighted by atomic mass is 10.2. The van der Waals surface area contributed by atoms with Gasteiger partial charge in [-0.1, -0.05) is 0 Å². The van der Waals surface area contributed by atoms with Gasteiger partial charge in [0.1, 0.15) is 23.2 Å². The molecule has 5 nitrogen and oxygen atoms in total. The van der Waals surface area contributed by atoms with Crippen LogP contribution in [0, 0.1) is 13.8 Å². The number of aromatic nitrogens is 2. The van der Waals surface area contributed by atoms with Gasteiger partial charge in [0.05, 0.1) is 12.8 Å². The molecule has 1 aromatic carbocycles. The molecule has 112 valence electrons. The van der Waals surface area contributed by atoms with Crippen molar-refractivity contribution < 1.29 is 4.74 Å². The van der Waals surface area contributed by atoms with Crippen molar-refractivity contribution in [1.29, 1.82) is 0 Å². The van der Waals surface area contributed by atoms with E-state index < -0.39 is 0 Å². The average molecular weight is 351 g/mol. The van der Waals surface area contributed by atoms with Crippen molar-refractivity contribution >= 4 is 33.3 Å². The van der Waals surface area contributed by atoms with Gasteiger partial charge in [0.25, 0.3) is 0 Å². The second-order valence-corrected chi connectivity index (χ2v) is 5.45. The molecular weight excluding hydrogens is 332 g/mol. The van der Waals surface area contributed by atoms with Crippen LogP contribution in [0.1, 0.15) is 18.3 Å². The van der Waals surface area contributed by atoms with Gasteiger partial charge in [-0.05, 0) is 48.8 Å². The van der Waals surface area contributed by atoms with Gasteiger partial charge < -0.3 is 15.4 Å². The largest absolute Gasteiger partial charge is 0.497 e. The van der Waals surface area contributed by atoms with Gasteiger partial charge in [-0.3, -0.25) is 0 Å². The third-order valence-corrected chi connectivity index (χ3v) is 3.72. The van der Waals surface area contributed by atoms with Crippen LogP contribution in [-0.2, 0) is 0 Å². The highest BCUT2D eigenvalue weighted by atomic mass is 79.9. The number of nitrogens with zero attached hydrogens (tertiary/aromatic N) is 2. The summed E-state index contributed by atoms with van der Waals surface area (Å²) in [5, 5.41) is 6.59. The lowest BCUT2D eigenvalue weighted by molar-refractivity contribution is 0.415. The molecular formula is C15H19BrN4O. The van der Waals surface area contributed by atoms with E-state index in [4.69, 9.17) is 4.74 Å². The normalized spacial score (nSPS) is 10.3. The van der Waals surface area contributed by atoms with Crippen molar-refractivity contribution in [1.82, 2.24) is 9.97 Å². The first-order valence-electron chi connectivity index (χ1n) is 6.74. The zero-order chi connectivity index (χ0) is 15.4. The Morgan fingerprint density at radius 1 is 1.19 bits per heavy atom. The molecule has 1 aromatic heterocycles. The third-order valence-electron chi connectivity index (χ3n) is 3.03. The van der Waals surface area contributed by atoms with Gasteiger partial charge in [-0.25, -0.2) is 9.97 Å². The molecule has 0 aliphatic rings. The molecule has 0 bridgehead atoms. The van der Waals surface area contributed by atoms with E-state index in [1.165, 1.54) is 0 Å². The van der Waals surface area contributed by atoms with Crippen LogP contribution >= 0.6 is 15.9 Å². The molecule has 0 spiro atoms. The van der Waals surface area contributed by atoms with Crippen LogP contribution in [0.2, 0.25) is 0 Å². The first-order valence-corrected chi connectivity index (χ1v) is 7.54. The monoisotopic (exact) mass is 350 g/mol. The first-order chi connectivity index (χ1) is 10.0. The summed E-state index contributed by atoms with van der Waals surface area (Å²) in [5.41, 5.74) is 1.88. The summed E-state index contributed by atoms with van der Waals surface area (Å²) in [4.78, 5) is 8.91. The van der Waals surface area contributed by atoms with E-state index in [9.17, 15) is 0 Å². The Morgan fingerprint density at radius 3 is 2.57 bits per heavy atom. The summed E-state index contributed by atoms with van der Waals surface area (Å²) in [6.45, 7) is 6.74. The van der Waals surface area contributed by atoms with E-state index in [-0.39, 0.29) is 0 Å². The number of hydrogen-bond donors (Lipinski definition) is 2. The minimum Gasteiger partial charge on any atom is -0.497 e. The van der Waals surface area contributed by atoms with E-state index in [1.807, 2.05) is 39.0 Å². The number of anilines is 3. The second kappa shape index (κ2) is 6.76. The highest BCUT2D eigenvalue weighted by Gasteiger charge is 2.11. The van der Waals surface area contributed by atoms with Crippen molar-refractivity contribution in [2.75, 3.05) is 24.3 Å². The zero-order valence-corrected chi connectivity index (χ0v) is 14.2. The van der Waals surface area contributed by atoms with Crippen molar-refractivity contribution in [3.05, 3.63) is 34.1 Å². The first kappa shape index (κ1) is 15.6. The fourth-order valence-electron chi connectivity index (χ4n) is 1.94. The molecule has 0 saturated heterocycles. The molecule has 0 amide bonds. The number of hydrogen-bond acceptors (Lipinski definition) is 5. The molecule has 2 aromatic rings. The summed E-state index contributed by atoms with van der Waals surface area (Å²) < 4.78 is 6.21. The van der Waals surface area contributed by atoms with Gasteiger partial charge in [0.15, 0.2) is 0 Å². The van der Waals surface area contributed by atoms with Gasteiger partial charge in [-0.2, -0.15) is 0 Å². The Labute approximate surface area is 133 Å². The predicted octanol–water partition coefficient (Wildman–Crippen LogP) is 4.04. The number of rotatable bonds is 5. The summed E-state index contributed by atoms with van der Waals surface area (Å²) in [6, 6.07) is 5.76. The smallest absolute Gasteiger partial charge is 0.139 e. The molecule has 2 rings (SSSR count). The molecule has 6 heteroatoms. The molecule has 0 atom stereocenters. The fraction of sp³-hybridized carbons (Fsp3) is 0.333. The fourth-order valence-corrected chi connectivity index (χ4v) is 2.29. The topological polar surface area (TPSA) is 59.1 Å². The molecule has 0 fully saturated rings. The number of benzene rings is 1. The quantitative estimate of drug-likeness (QED) is 0.851. The molecule has 0 radical (unpaired) electrons. The van der Waals surface area contributed by atoms with Crippen molar-refractivity contribution in [2.45, 2.75) is 20.8 Å². The van der Waals surface area contributed by atoms with E-state index in [0.717, 1.165) is 45.5 Å². The maximum atomic E-state index is 5.26. The predicted molar refractivity (Wildman–Crippen MR) is 89.6 cm³/mol. The van der Waals surface area contributed by atoms with Crippen LogP contribution in [0.25, 0.3) is 0 Å². The second-order valence-electron chi connectivity index (χ2n) is 4.59. The van der Waals surface area contributed by atoms with Gasteiger partial charge >= 0.3 is 0 Å². The molecule has 0 saturated carbocycles. The van der Waals surface area contributed by atoms with E-state index in [2.05, 4.69) is 36.5 Å². The lowest BCUT2D eigenvalue weighted by Gasteiger charge is -2.15. The molecule has 0 unspecified atom stereocenters. The van der Waals surface area contributed by atoms with Crippen LogP contribution < -0.4 is 15.4 Å². The number of halogens is 1. The summed E-state index contributed by atoms with van der Waals surface area (Å²) in [7, 11) is 1.65. The van der Waals surface area contributed by atoms with Crippen LogP contribution in [0.4, 0.5) is 17.3 Å². The number of methoxy groups -OCH3 is 1. The Morgan fingerprint density at radius 2 is 1.90 bits per heavy atom. The van der Waals surface area contributed by atoms with Crippen LogP contribution in [0.5, 0.6) is 5.75 Å². The summed E-state index contributed by atoms with van der Waals surface area (Å²) >= 11 is 3.53. The molecule has 1 heterocycles. The van der Waals surface area contributed by atoms with Crippen molar-refractivity contribution in [3.63, 3.8) is 0 Å². The summed E-state index contributed by atoms with van der Waals surface area (Å²) in [5.74, 6) is 3.15. The lowest BCUT2D eigenvalue weighted by Crippen LogP contribution is -2.08. The van der Waals surface area contributed by atoms with Crippen LogP contribution in [0.15, 0.2) is 22.7 Å². The third kappa shape index (κ3) is 3.64. The maximum Gasteiger partial charge on any atom is 0.139 e. The van der Waals surface area contributed by atoms with Crippen molar-refractivity contribution in [3.8, 4) is 5.75 Å². The zero-order valence-electron chi connectivity index (χ0n) is 12.6. The Balaban J connectivity index is 2.39. The van der Waals surface area contributed by atoms with E-state index in [0.29, 0.717) is 0 Å². The minimum absolute atomic E-state index is 0.720. The van der Waals surface area contributed by atoms with E-state index >= 15 is 0 Å². The Kier molecular flexibility index (Phi) is 5.01. The van der Waals surface area contributed by atoms with Crippen LogP contribution in [-0.4, -0.2) is 23.6 Å². The van der Waals surface area contributed by atoms with Gasteiger partial charge in [-0.15, -0.1) is 0 Å². The van der Waals surface area contributed by atoms with Crippen LogP contribution in [0.3, 0.4) is 0 Å². The Hall–Kier alpha value is -1.82. The average Bonchev–Trinajstić information content (AvgIpc) is 2.46. The highest BCUT2D eigenvalue weighted by molar-refractivity contribution is 9.10. The van der Waals surface area contributed by atoms with Crippen molar-refractivity contribution in [2.24, 2.45) is 0 Å².